The Hall–Kier alpha value is -2.03. The van der Waals surface area contributed by atoms with Crippen molar-refractivity contribution in [1.82, 2.24) is 10.2 Å². The van der Waals surface area contributed by atoms with Crippen LogP contribution in [-0.4, -0.2) is 69.9 Å². The number of amides is 1. The third kappa shape index (κ3) is 6.54. The van der Waals surface area contributed by atoms with Gasteiger partial charge in [0.25, 0.3) is 5.91 Å². The lowest BCUT2D eigenvalue weighted by molar-refractivity contribution is -0.145. The zero-order valence-corrected chi connectivity index (χ0v) is 17.1. The number of anilines is 1. The van der Waals surface area contributed by atoms with Crippen LogP contribution in [0.2, 0.25) is 5.02 Å². The maximum atomic E-state index is 12.6. The second-order valence-electron chi connectivity index (χ2n) is 6.63. The second-order valence-corrected chi connectivity index (χ2v) is 7.03. The van der Waals surface area contributed by atoms with E-state index in [-0.39, 0.29) is 24.5 Å². The minimum absolute atomic E-state index is 0.0541. The lowest BCUT2D eigenvalue weighted by atomic mass is 10.0. The molecule has 0 bridgehead atoms. The minimum Gasteiger partial charge on any atom is -0.496 e. The number of nitrogens with zero attached hydrogens (tertiary/aromatic N) is 1. The minimum atomic E-state index is -0.237. The average molecular weight is 414 g/mol. The zero-order valence-electron chi connectivity index (χ0n) is 16.3. The van der Waals surface area contributed by atoms with Gasteiger partial charge in [-0.25, -0.2) is 0 Å². The normalized spacial score (nSPS) is 15.2. The largest absolute Gasteiger partial charge is 0.496 e. The molecule has 1 saturated heterocycles. The molecule has 0 atom stereocenters. The number of piperidine rings is 1. The first-order valence-corrected chi connectivity index (χ1v) is 9.63. The Balaban J connectivity index is 1.77. The van der Waals surface area contributed by atoms with Crippen molar-refractivity contribution < 1.29 is 23.8 Å². The van der Waals surface area contributed by atoms with Gasteiger partial charge in [-0.2, -0.15) is 0 Å². The predicted octanol–water partition coefficient (Wildman–Crippen LogP) is 1.70. The summed E-state index contributed by atoms with van der Waals surface area (Å²) in [5.41, 5.74) is 6.49. The summed E-state index contributed by atoms with van der Waals surface area (Å²) in [5.74, 6) is -0.0671. The number of esters is 1. The highest BCUT2D eigenvalue weighted by Crippen LogP contribution is 2.29. The van der Waals surface area contributed by atoms with Crippen LogP contribution in [0.3, 0.4) is 0 Å². The summed E-state index contributed by atoms with van der Waals surface area (Å²) in [5, 5.41) is 3.34. The third-order valence-corrected chi connectivity index (χ3v) is 5.00. The van der Waals surface area contributed by atoms with Crippen LogP contribution in [0, 0.1) is 0 Å². The van der Waals surface area contributed by atoms with Crippen molar-refractivity contribution in [3.8, 4) is 5.75 Å². The highest BCUT2D eigenvalue weighted by atomic mass is 35.5. The van der Waals surface area contributed by atoms with Gasteiger partial charge in [0.2, 0.25) is 0 Å². The van der Waals surface area contributed by atoms with E-state index in [1.54, 1.807) is 13.2 Å². The quantitative estimate of drug-likeness (QED) is 0.361. The zero-order chi connectivity index (χ0) is 20.5. The number of ether oxygens (including phenoxy) is 3. The standard InChI is InChI=1S/C19H28ClN3O5/c1-26-9-10-28-18(24)5-8-23-6-3-13(4-7-23)22-19(25)14-11-15(20)16(21)12-17(14)27-2/h11-13H,3-10,21H2,1-2H3,(H,22,25). The van der Waals surface area contributed by atoms with E-state index in [0.29, 0.717) is 41.6 Å². The van der Waals surface area contributed by atoms with Crippen LogP contribution in [0.25, 0.3) is 0 Å². The molecule has 8 nitrogen and oxygen atoms in total. The van der Waals surface area contributed by atoms with Crippen LogP contribution in [0.15, 0.2) is 12.1 Å². The van der Waals surface area contributed by atoms with E-state index in [2.05, 4.69) is 10.2 Å². The van der Waals surface area contributed by atoms with Crippen LogP contribution < -0.4 is 15.8 Å². The van der Waals surface area contributed by atoms with Gasteiger partial charge in [0.15, 0.2) is 0 Å². The smallest absolute Gasteiger partial charge is 0.307 e. The summed E-state index contributed by atoms with van der Waals surface area (Å²) in [6.45, 7) is 2.93. The first-order valence-electron chi connectivity index (χ1n) is 9.25. The van der Waals surface area contributed by atoms with E-state index < -0.39 is 0 Å². The molecule has 1 aromatic rings. The van der Waals surface area contributed by atoms with Crippen molar-refractivity contribution in [2.24, 2.45) is 0 Å². The molecule has 9 heteroatoms. The Kier molecular flexibility index (Phi) is 8.82. The number of nitrogens with one attached hydrogen (secondary N) is 1. The molecule has 156 valence electrons. The molecule has 0 unspecified atom stereocenters. The molecule has 1 heterocycles. The molecular weight excluding hydrogens is 386 g/mol. The molecule has 1 aliphatic heterocycles. The number of carbonyl (C=O) groups is 2. The Labute approximate surface area is 170 Å². The van der Waals surface area contributed by atoms with Crippen molar-refractivity contribution in [3.05, 3.63) is 22.7 Å². The first kappa shape index (κ1) is 22.3. The van der Waals surface area contributed by atoms with Crippen molar-refractivity contribution in [1.29, 1.82) is 0 Å². The highest BCUT2D eigenvalue weighted by molar-refractivity contribution is 6.33. The van der Waals surface area contributed by atoms with E-state index in [0.717, 1.165) is 25.9 Å². The summed E-state index contributed by atoms with van der Waals surface area (Å²) in [4.78, 5) is 26.4. The Morgan fingerprint density at radius 1 is 1.25 bits per heavy atom. The van der Waals surface area contributed by atoms with Gasteiger partial charge in [-0.3, -0.25) is 9.59 Å². The van der Waals surface area contributed by atoms with Crippen molar-refractivity contribution in [2.45, 2.75) is 25.3 Å². The molecule has 28 heavy (non-hydrogen) atoms. The molecule has 1 aliphatic rings. The number of hydrogen-bond donors (Lipinski definition) is 2. The fourth-order valence-corrected chi connectivity index (χ4v) is 3.20. The van der Waals surface area contributed by atoms with E-state index in [9.17, 15) is 9.59 Å². The van der Waals surface area contributed by atoms with Crippen molar-refractivity contribution in [3.63, 3.8) is 0 Å². The maximum Gasteiger partial charge on any atom is 0.307 e. The number of benzene rings is 1. The number of carbonyl (C=O) groups excluding carboxylic acids is 2. The average Bonchev–Trinajstić information content (AvgIpc) is 2.69. The van der Waals surface area contributed by atoms with Crippen LogP contribution in [0.1, 0.15) is 29.6 Å². The summed E-state index contributed by atoms with van der Waals surface area (Å²) in [6, 6.07) is 3.12. The van der Waals surface area contributed by atoms with Gasteiger partial charge in [-0.05, 0) is 18.9 Å². The molecular formula is C19H28ClN3O5. The van der Waals surface area contributed by atoms with Gasteiger partial charge in [0.05, 0.1) is 36.4 Å². The molecule has 0 radical (unpaired) electrons. The van der Waals surface area contributed by atoms with Crippen LogP contribution in [0.4, 0.5) is 5.69 Å². The van der Waals surface area contributed by atoms with Crippen molar-refractivity contribution in [2.75, 3.05) is 52.8 Å². The molecule has 3 N–H and O–H groups in total. The van der Waals surface area contributed by atoms with Crippen LogP contribution in [-0.2, 0) is 14.3 Å². The van der Waals surface area contributed by atoms with Crippen LogP contribution in [0.5, 0.6) is 5.75 Å². The Bertz CT molecular complexity index is 678. The topological polar surface area (TPSA) is 103 Å². The first-order chi connectivity index (χ1) is 13.4. The van der Waals surface area contributed by atoms with Gasteiger partial charge >= 0.3 is 5.97 Å². The number of hydrogen-bond acceptors (Lipinski definition) is 7. The number of nitrogens with two attached hydrogens (primary N) is 1. The van der Waals surface area contributed by atoms with Gasteiger partial charge in [-0.15, -0.1) is 0 Å². The maximum absolute atomic E-state index is 12.6. The van der Waals surface area contributed by atoms with E-state index >= 15 is 0 Å². The SMILES string of the molecule is COCCOC(=O)CCN1CCC(NC(=O)c2cc(Cl)c(N)cc2OC)CC1. The predicted molar refractivity (Wildman–Crippen MR) is 107 cm³/mol. The number of rotatable bonds is 9. The third-order valence-electron chi connectivity index (χ3n) is 4.67. The number of methoxy groups -OCH3 is 2. The molecule has 2 rings (SSSR count). The number of likely N-dealkylation sites (tertiary alicyclic amines) is 1. The molecule has 1 amide bonds. The fraction of sp³-hybridized carbons (Fsp3) is 0.579. The summed E-state index contributed by atoms with van der Waals surface area (Å²) in [7, 11) is 3.05. The molecule has 0 aromatic heterocycles. The van der Waals surface area contributed by atoms with Crippen molar-refractivity contribution >= 4 is 29.2 Å². The second kappa shape index (κ2) is 11.1. The molecule has 0 spiro atoms. The van der Waals surface area contributed by atoms with E-state index in [4.69, 9.17) is 31.5 Å². The van der Waals surface area contributed by atoms with Gasteiger partial charge < -0.3 is 30.2 Å². The molecule has 0 saturated carbocycles. The van der Waals surface area contributed by atoms with Gasteiger partial charge in [0, 0.05) is 38.9 Å². The Morgan fingerprint density at radius 3 is 2.61 bits per heavy atom. The lowest BCUT2D eigenvalue weighted by Gasteiger charge is -2.32. The summed E-state index contributed by atoms with van der Waals surface area (Å²) < 4.78 is 15.1. The monoisotopic (exact) mass is 413 g/mol. The highest BCUT2D eigenvalue weighted by Gasteiger charge is 2.23. The summed E-state index contributed by atoms with van der Waals surface area (Å²) >= 11 is 6.04. The summed E-state index contributed by atoms with van der Waals surface area (Å²) in [6.07, 6.45) is 1.95. The lowest BCUT2D eigenvalue weighted by Crippen LogP contribution is -2.45. The van der Waals surface area contributed by atoms with E-state index in [1.165, 1.54) is 13.2 Å². The molecule has 1 fully saturated rings. The van der Waals surface area contributed by atoms with E-state index in [1.807, 2.05) is 0 Å². The van der Waals surface area contributed by atoms with Crippen LogP contribution >= 0.6 is 11.6 Å². The Morgan fingerprint density at radius 2 is 1.96 bits per heavy atom. The number of halogens is 1. The molecule has 1 aromatic carbocycles. The molecule has 0 aliphatic carbocycles. The fourth-order valence-electron chi connectivity index (χ4n) is 3.04. The van der Waals surface area contributed by atoms with Gasteiger partial charge in [-0.1, -0.05) is 11.6 Å². The number of nitrogen functional groups attached to an aromatic ring is 1. The van der Waals surface area contributed by atoms with Gasteiger partial charge in [0.1, 0.15) is 12.4 Å².